The average Bonchev–Trinajstić information content (AvgIpc) is 0.827. The van der Waals surface area contributed by atoms with Gasteiger partial charge in [-0.1, -0.05) is 61.3 Å². The molecule has 0 aromatic heterocycles. The monoisotopic (exact) mass is 1340 g/mol. The fourth-order valence-corrected chi connectivity index (χ4v) is 11.4. The number of carbonyl (C=O) groups is 6. The molecule has 3 saturated heterocycles. The molecule has 540 valence electrons. The number of unbranched alkanes of at least 4 members (excludes halogenated alkanes) is 3. The lowest BCUT2D eigenvalue weighted by Gasteiger charge is -2.44. The van der Waals surface area contributed by atoms with Crippen molar-refractivity contribution in [2.45, 2.75) is 196 Å². The standard InChI is InChI=1S/C66H112N4O24/c1-13-52-42(4)43(5)57(68-46(8)72)64(92-52)87-37-31-81-25-22-78-28-34-84-55-40-51(63(77)67-20-18-16-17-19-21-71)41-56(85-35-29-79-23-26-82-32-38-88-65-58(69-47(9)73)60(90-49(11)75)44(6)53(14-2)93-65)62(55)86-36-30-80-24-27-83-33-39-89-66-59(70-48(10)74)61(91-50(12)76)45(7)54(15-3)94-66/h40-45,52-54,57-61,64-66,71H,13-39H2,1-12H3,(H,67,77)(H,68,72)(H,69,73)(H,70,74)/t42-,43+,44+,45+,52-,53-,54-,57-,58-,59-,60+,61+,64-,65-,66-/m1/s1. The average molecular weight is 1350 g/mol. The normalized spacial score (nSPS) is 26.0. The number of ether oxygens (including phenoxy) is 17. The second-order valence-electron chi connectivity index (χ2n) is 23.6. The van der Waals surface area contributed by atoms with Crippen molar-refractivity contribution in [1.29, 1.82) is 0 Å². The van der Waals surface area contributed by atoms with Gasteiger partial charge < -0.3 is 107 Å². The highest BCUT2D eigenvalue weighted by molar-refractivity contribution is 5.95. The molecule has 5 N–H and O–H groups in total. The van der Waals surface area contributed by atoms with Crippen molar-refractivity contribution in [1.82, 2.24) is 21.3 Å². The summed E-state index contributed by atoms with van der Waals surface area (Å²) in [5.41, 5.74) is 0.252. The van der Waals surface area contributed by atoms with E-state index < -0.39 is 55.1 Å². The molecule has 0 aliphatic carbocycles. The minimum atomic E-state index is -0.877. The molecule has 0 spiro atoms. The molecule has 0 radical (unpaired) electrons. The molecule has 0 saturated carbocycles. The van der Waals surface area contributed by atoms with E-state index in [9.17, 15) is 33.9 Å². The first kappa shape index (κ1) is 81.3. The first-order chi connectivity index (χ1) is 45.2. The Morgan fingerprint density at radius 3 is 1.14 bits per heavy atom. The van der Waals surface area contributed by atoms with Crippen LogP contribution in [-0.4, -0.2) is 240 Å². The van der Waals surface area contributed by atoms with Gasteiger partial charge in [-0.15, -0.1) is 0 Å². The minimum absolute atomic E-state index is 0.00732. The molecule has 3 aliphatic heterocycles. The van der Waals surface area contributed by atoms with Crippen molar-refractivity contribution in [3.63, 3.8) is 0 Å². The van der Waals surface area contributed by atoms with Crippen molar-refractivity contribution in [3.05, 3.63) is 17.7 Å². The van der Waals surface area contributed by atoms with E-state index in [0.29, 0.717) is 32.2 Å². The molecular formula is C66H112N4O24. The molecule has 1 aromatic rings. The van der Waals surface area contributed by atoms with E-state index in [1.807, 2.05) is 27.7 Å². The summed E-state index contributed by atoms with van der Waals surface area (Å²) in [5, 5.41) is 20.9. The Kier molecular flexibility index (Phi) is 40.0. The topological polar surface area (TPSA) is 328 Å². The third kappa shape index (κ3) is 29.3. The van der Waals surface area contributed by atoms with Crippen LogP contribution < -0.4 is 35.5 Å². The Hall–Kier alpha value is -5.08. The van der Waals surface area contributed by atoms with Crippen molar-refractivity contribution in [2.24, 2.45) is 23.7 Å². The maximum Gasteiger partial charge on any atom is 0.302 e. The Morgan fingerprint density at radius 2 is 0.766 bits per heavy atom. The van der Waals surface area contributed by atoms with Crippen LogP contribution in [0.15, 0.2) is 12.1 Å². The Bertz CT molecular complexity index is 2340. The molecule has 3 fully saturated rings. The summed E-state index contributed by atoms with van der Waals surface area (Å²) >= 11 is 0. The van der Waals surface area contributed by atoms with E-state index in [0.717, 1.165) is 19.3 Å². The van der Waals surface area contributed by atoms with Gasteiger partial charge >= 0.3 is 11.9 Å². The number of amides is 4. The third-order valence-corrected chi connectivity index (χ3v) is 16.4. The van der Waals surface area contributed by atoms with Crippen molar-refractivity contribution >= 4 is 35.6 Å². The van der Waals surface area contributed by atoms with Crippen LogP contribution in [-0.2, 0) is 90.3 Å². The molecule has 1 aromatic carbocycles. The largest absolute Gasteiger partial charge is 0.487 e. The third-order valence-electron chi connectivity index (χ3n) is 16.4. The highest BCUT2D eigenvalue weighted by Crippen LogP contribution is 2.40. The molecule has 0 unspecified atom stereocenters. The Morgan fingerprint density at radius 1 is 0.426 bits per heavy atom. The van der Waals surface area contributed by atoms with Gasteiger partial charge in [0.05, 0.1) is 123 Å². The lowest BCUT2D eigenvalue weighted by molar-refractivity contribution is -0.256. The molecule has 4 rings (SSSR count). The van der Waals surface area contributed by atoms with Crippen LogP contribution in [0.4, 0.5) is 0 Å². The summed E-state index contributed by atoms with van der Waals surface area (Å²) in [6.07, 6.45) is 0.979. The van der Waals surface area contributed by atoms with Gasteiger partial charge in [0.15, 0.2) is 30.4 Å². The molecule has 0 bridgehead atoms. The number of benzene rings is 1. The quantitative estimate of drug-likeness (QED) is 0.0440. The van der Waals surface area contributed by atoms with Gasteiger partial charge in [-0.25, -0.2) is 0 Å². The number of hydrogen-bond donors (Lipinski definition) is 5. The van der Waals surface area contributed by atoms with Crippen LogP contribution in [0.1, 0.15) is 138 Å². The fraction of sp³-hybridized carbons (Fsp3) is 0.818. The molecule has 3 heterocycles. The van der Waals surface area contributed by atoms with Crippen LogP contribution >= 0.6 is 0 Å². The molecule has 94 heavy (non-hydrogen) atoms. The van der Waals surface area contributed by atoms with Gasteiger partial charge in [0, 0.05) is 65.2 Å². The minimum Gasteiger partial charge on any atom is -0.487 e. The van der Waals surface area contributed by atoms with E-state index in [4.69, 9.17) is 80.5 Å². The number of nitrogens with one attached hydrogen (secondary N) is 4. The maximum absolute atomic E-state index is 13.7. The van der Waals surface area contributed by atoms with Gasteiger partial charge in [-0.05, 0) is 56.1 Å². The summed E-state index contributed by atoms with van der Waals surface area (Å²) < 4.78 is 102. The van der Waals surface area contributed by atoms with Crippen molar-refractivity contribution in [3.8, 4) is 17.2 Å². The summed E-state index contributed by atoms with van der Waals surface area (Å²) in [7, 11) is 0. The molecular weight excluding hydrogens is 1230 g/mol. The predicted molar refractivity (Wildman–Crippen MR) is 341 cm³/mol. The predicted octanol–water partition coefficient (Wildman–Crippen LogP) is 4.58. The number of rotatable bonds is 48. The van der Waals surface area contributed by atoms with E-state index in [-0.39, 0.29) is 220 Å². The zero-order valence-corrected chi connectivity index (χ0v) is 57.7. The summed E-state index contributed by atoms with van der Waals surface area (Å²) in [6.45, 7) is 24.4. The van der Waals surface area contributed by atoms with Gasteiger partial charge in [0.25, 0.3) is 5.91 Å². The lowest BCUT2D eigenvalue weighted by Crippen LogP contribution is -2.62. The van der Waals surface area contributed by atoms with E-state index >= 15 is 0 Å². The van der Waals surface area contributed by atoms with E-state index in [1.165, 1.54) is 34.6 Å². The lowest BCUT2D eigenvalue weighted by atomic mass is 9.81. The van der Waals surface area contributed by atoms with Crippen LogP contribution in [0.5, 0.6) is 17.2 Å². The maximum atomic E-state index is 13.7. The van der Waals surface area contributed by atoms with Crippen molar-refractivity contribution in [2.75, 3.05) is 132 Å². The van der Waals surface area contributed by atoms with Gasteiger partial charge in [-0.2, -0.15) is 0 Å². The number of esters is 2. The Labute approximate surface area is 555 Å². The zero-order chi connectivity index (χ0) is 68.8. The van der Waals surface area contributed by atoms with E-state index in [2.05, 4.69) is 42.0 Å². The fourth-order valence-electron chi connectivity index (χ4n) is 11.4. The molecule has 28 heteroatoms. The van der Waals surface area contributed by atoms with Crippen LogP contribution in [0.3, 0.4) is 0 Å². The summed E-state index contributed by atoms with van der Waals surface area (Å²) in [6, 6.07) is 1.42. The van der Waals surface area contributed by atoms with E-state index in [1.54, 1.807) is 12.1 Å². The second kappa shape index (κ2) is 46.2. The SMILES string of the molecule is CC[C@H]1O[C@@H](OCCOCCOCCOc2cc(C(=O)NCCCCCCO)cc(OCCOCCOCCO[C@@H]3O[C@H](CC)[C@H](C)[C@H](OC(C)=O)[C@H]3NC(C)=O)c2OCCOCCOCCO[C@@H]2O[C@H](CC)[C@H](C)[C@H](OC(C)=O)[C@H]2NC(C)=O)[C@H](NC(C)=O)[C@@H](C)[C@H]1C. The number of hydrogen-bond acceptors (Lipinski definition) is 24. The highest BCUT2D eigenvalue weighted by Gasteiger charge is 2.48. The zero-order valence-electron chi connectivity index (χ0n) is 57.7. The Balaban J connectivity index is 1.36. The molecule has 15 atom stereocenters. The van der Waals surface area contributed by atoms with Crippen molar-refractivity contribution < 1.29 is 114 Å². The van der Waals surface area contributed by atoms with Gasteiger partial charge in [0.1, 0.15) is 44.1 Å². The summed E-state index contributed by atoms with van der Waals surface area (Å²) in [4.78, 5) is 74.2. The number of aliphatic hydroxyl groups excluding tert-OH is 1. The van der Waals surface area contributed by atoms with Crippen LogP contribution in [0, 0.1) is 23.7 Å². The number of aliphatic hydroxyl groups is 1. The first-order valence-corrected chi connectivity index (χ1v) is 33.6. The molecule has 28 nitrogen and oxygen atoms in total. The molecule has 4 amide bonds. The van der Waals surface area contributed by atoms with Gasteiger partial charge in [-0.3, -0.25) is 28.8 Å². The van der Waals surface area contributed by atoms with Crippen LogP contribution in [0.25, 0.3) is 0 Å². The second-order valence-corrected chi connectivity index (χ2v) is 23.6. The summed E-state index contributed by atoms with van der Waals surface area (Å²) in [5.74, 6) is -1.45. The highest BCUT2D eigenvalue weighted by atomic mass is 16.7. The van der Waals surface area contributed by atoms with Crippen LogP contribution in [0.2, 0.25) is 0 Å². The smallest absolute Gasteiger partial charge is 0.302 e. The van der Waals surface area contributed by atoms with Gasteiger partial charge in [0.2, 0.25) is 23.5 Å². The first-order valence-electron chi connectivity index (χ1n) is 33.6. The number of carbonyl (C=O) groups excluding carboxylic acids is 6. The molecule has 3 aliphatic rings.